The quantitative estimate of drug-likeness (QED) is 0.450. The zero-order valence-electron chi connectivity index (χ0n) is 11.1. The smallest absolute Gasteiger partial charge is 0.151 e. The molecule has 0 fully saturated rings. The highest BCUT2D eigenvalue weighted by molar-refractivity contribution is 5.76. The van der Waals surface area contributed by atoms with E-state index in [0.717, 1.165) is 11.0 Å². The summed E-state index contributed by atoms with van der Waals surface area (Å²) in [5.41, 5.74) is 0.956. The normalized spacial score (nSPS) is 16.4. The topological polar surface area (TPSA) is 131 Å². The van der Waals surface area contributed by atoms with Crippen molar-refractivity contribution in [3.8, 4) is 0 Å². The van der Waals surface area contributed by atoms with Gasteiger partial charge in [0.2, 0.25) is 0 Å². The Morgan fingerprint density at radius 1 is 1.05 bits per heavy atom. The number of carbonyl (C=O) groups is 1. The average Bonchev–Trinajstić information content (AvgIpc) is 3.01. The van der Waals surface area contributed by atoms with Crippen molar-refractivity contribution >= 4 is 17.3 Å². The Bertz CT molecular complexity index is 509. The molecule has 5 N–H and O–H groups in total. The predicted molar refractivity (Wildman–Crippen MR) is 73.4 cm³/mol. The largest absolute Gasteiger partial charge is 0.464 e. The van der Waals surface area contributed by atoms with E-state index >= 15 is 0 Å². The predicted octanol–water partition coefficient (Wildman–Crippen LogP) is -0.946. The van der Waals surface area contributed by atoms with Gasteiger partial charge in [-0.1, -0.05) is 18.2 Å². The lowest BCUT2D eigenvalue weighted by atomic mass is 10.0. The summed E-state index contributed by atoms with van der Waals surface area (Å²) < 4.78 is 5.12. The molecule has 21 heavy (non-hydrogen) atoms. The first kappa shape index (κ1) is 17.3. The van der Waals surface area contributed by atoms with Crippen molar-refractivity contribution in [3.05, 3.63) is 36.6 Å². The monoisotopic (exact) mass is 298 g/mol. The number of para-hydroxylation sites is 1. The fourth-order valence-electron chi connectivity index (χ4n) is 1.52. The molecule has 7 nitrogen and oxygen atoms in total. The lowest BCUT2D eigenvalue weighted by molar-refractivity contribution is -0.136. The van der Waals surface area contributed by atoms with E-state index in [1.54, 1.807) is 6.26 Å². The summed E-state index contributed by atoms with van der Waals surface area (Å²) in [7, 11) is 0. The molecule has 1 aromatic heterocycles. The number of aldehydes is 1. The van der Waals surface area contributed by atoms with E-state index < -0.39 is 31.0 Å². The molecule has 7 heteroatoms. The summed E-state index contributed by atoms with van der Waals surface area (Å²) in [6.45, 7) is -0.760. The lowest BCUT2D eigenvalue weighted by Gasteiger charge is -2.22. The standard InChI is InChI=1S/C8H6O.C6H12O6/c1-2-4-8-7(3-1)5-6-9-8;7-1-3(9)5(11)6(12)4(10)2-8/h1-6H;1,3-6,8-12H,2H2/t;3-,4+,5+,6+/m.0/s1. The van der Waals surface area contributed by atoms with Gasteiger partial charge in [0.1, 0.15) is 30.0 Å². The van der Waals surface area contributed by atoms with Gasteiger partial charge in [-0.3, -0.25) is 0 Å². The minimum atomic E-state index is -1.79. The molecule has 0 spiro atoms. The number of carbonyl (C=O) groups excluding carboxylic acids is 1. The molecule has 0 amide bonds. The summed E-state index contributed by atoms with van der Waals surface area (Å²) in [5.74, 6) is 0. The van der Waals surface area contributed by atoms with E-state index in [1.165, 1.54) is 0 Å². The maximum Gasteiger partial charge on any atom is 0.151 e. The highest BCUT2D eigenvalue weighted by atomic mass is 16.4. The van der Waals surface area contributed by atoms with Crippen LogP contribution in [0.15, 0.2) is 41.0 Å². The Morgan fingerprint density at radius 3 is 2.29 bits per heavy atom. The number of fused-ring (bicyclic) bond motifs is 1. The van der Waals surface area contributed by atoms with Crippen molar-refractivity contribution in [1.82, 2.24) is 0 Å². The van der Waals surface area contributed by atoms with E-state index in [9.17, 15) is 4.79 Å². The number of aliphatic hydroxyl groups excluding tert-OH is 5. The third-order valence-electron chi connectivity index (χ3n) is 2.78. The summed E-state index contributed by atoms with van der Waals surface area (Å²) in [6.07, 6.45) is -5.14. The fraction of sp³-hybridized carbons (Fsp3) is 0.357. The Balaban J connectivity index is 0.000000216. The maximum absolute atomic E-state index is 9.90. The van der Waals surface area contributed by atoms with Crippen molar-refractivity contribution in [1.29, 1.82) is 0 Å². The minimum Gasteiger partial charge on any atom is -0.464 e. The Kier molecular flexibility index (Phi) is 7.00. The van der Waals surface area contributed by atoms with Gasteiger partial charge in [-0.2, -0.15) is 0 Å². The number of rotatable bonds is 5. The second-order valence-corrected chi connectivity index (χ2v) is 4.32. The van der Waals surface area contributed by atoms with Crippen molar-refractivity contribution in [3.63, 3.8) is 0 Å². The SMILES string of the molecule is O=C[C@H](O)[C@@H](O)[C@H](O)[C@H](O)CO.c1ccc2occc2c1. The van der Waals surface area contributed by atoms with Gasteiger partial charge in [0, 0.05) is 5.39 Å². The zero-order chi connectivity index (χ0) is 15.8. The molecule has 1 aromatic carbocycles. The first-order chi connectivity index (χ1) is 10.0. The van der Waals surface area contributed by atoms with Crippen LogP contribution in [0.5, 0.6) is 0 Å². The van der Waals surface area contributed by atoms with Crippen molar-refractivity contribution in [2.45, 2.75) is 24.4 Å². The number of aliphatic hydroxyl groups is 5. The van der Waals surface area contributed by atoms with E-state index in [-0.39, 0.29) is 6.29 Å². The zero-order valence-corrected chi connectivity index (χ0v) is 11.1. The highest BCUT2D eigenvalue weighted by Crippen LogP contribution is 2.12. The second kappa shape index (κ2) is 8.50. The molecule has 0 aliphatic rings. The first-order valence-corrected chi connectivity index (χ1v) is 6.22. The Hall–Kier alpha value is -1.77. The molecule has 4 atom stereocenters. The van der Waals surface area contributed by atoms with Crippen LogP contribution in [0.4, 0.5) is 0 Å². The van der Waals surface area contributed by atoms with Gasteiger partial charge >= 0.3 is 0 Å². The molecular weight excluding hydrogens is 280 g/mol. The van der Waals surface area contributed by atoms with Crippen molar-refractivity contribution in [2.75, 3.05) is 6.61 Å². The third-order valence-corrected chi connectivity index (χ3v) is 2.78. The van der Waals surface area contributed by atoms with Crippen LogP contribution < -0.4 is 0 Å². The molecule has 116 valence electrons. The van der Waals surface area contributed by atoms with E-state index in [4.69, 9.17) is 29.9 Å². The van der Waals surface area contributed by atoms with Crippen LogP contribution >= 0.6 is 0 Å². The van der Waals surface area contributed by atoms with Gasteiger partial charge in [0.15, 0.2) is 6.29 Å². The summed E-state index contributed by atoms with van der Waals surface area (Å²) in [6, 6.07) is 9.90. The number of furan rings is 1. The molecule has 2 rings (SSSR count). The molecule has 0 bridgehead atoms. The third kappa shape index (κ3) is 4.92. The van der Waals surface area contributed by atoms with Crippen LogP contribution in [-0.2, 0) is 4.79 Å². The van der Waals surface area contributed by atoms with Crippen LogP contribution in [0.1, 0.15) is 0 Å². The highest BCUT2D eigenvalue weighted by Gasteiger charge is 2.29. The molecular formula is C14H18O7. The average molecular weight is 298 g/mol. The summed E-state index contributed by atoms with van der Waals surface area (Å²) in [4.78, 5) is 9.90. The molecule has 0 radical (unpaired) electrons. The molecule has 0 aliphatic heterocycles. The molecule has 2 aromatic rings. The van der Waals surface area contributed by atoms with Gasteiger partial charge in [0.25, 0.3) is 0 Å². The van der Waals surface area contributed by atoms with Crippen LogP contribution in [0.25, 0.3) is 11.0 Å². The Morgan fingerprint density at radius 2 is 1.71 bits per heavy atom. The number of hydrogen-bond donors (Lipinski definition) is 5. The molecule has 0 unspecified atom stereocenters. The minimum absolute atomic E-state index is 0.0258. The fourth-order valence-corrected chi connectivity index (χ4v) is 1.52. The number of hydrogen-bond acceptors (Lipinski definition) is 7. The molecule has 0 saturated carbocycles. The molecule has 1 heterocycles. The second-order valence-electron chi connectivity index (χ2n) is 4.32. The van der Waals surface area contributed by atoms with Crippen LogP contribution in [-0.4, -0.2) is 62.8 Å². The van der Waals surface area contributed by atoms with Crippen LogP contribution in [0.3, 0.4) is 0 Å². The van der Waals surface area contributed by atoms with E-state index in [1.807, 2.05) is 30.3 Å². The first-order valence-electron chi connectivity index (χ1n) is 6.22. The van der Waals surface area contributed by atoms with Gasteiger partial charge < -0.3 is 34.7 Å². The summed E-state index contributed by atoms with van der Waals surface area (Å²) in [5, 5.41) is 44.7. The van der Waals surface area contributed by atoms with Gasteiger partial charge in [-0.15, -0.1) is 0 Å². The summed E-state index contributed by atoms with van der Waals surface area (Å²) >= 11 is 0. The Labute approximate surface area is 120 Å². The molecule has 0 aliphatic carbocycles. The van der Waals surface area contributed by atoms with Crippen LogP contribution in [0, 0.1) is 0 Å². The van der Waals surface area contributed by atoms with E-state index in [0.29, 0.717) is 0 Å². The maximum atomic E-state index is 9.90. The lowest BCUT2D eigenvalue weighted by Crippen LogP contribution is -2.46. The van der Waals surface area contributed by atoms with Gasteiger partial charge in [-0.25, -0.2) is 0 Å². The molecule has 0 saturated heterocycles. The van der Waals surface area contributed by atoms with Gasteiger partial charge in [-0.05, 0) is 12.1 Å². The van der Waals surface area contributed by atoms with Crippen LogP contribution in [0.2, 0.25) is 0 Å². The number of benzene rings is 1. The van der Waals surface area contributed by atoms with Crippen molar-refractivity contribution in [2.24, 2.45) is 0 Å². The van der Waals surface area contributed by atoms with Crippen molar-refractivity contribution < 1.29 is 34.7 Å². The van der Waals surface area contributed by atoms with E-state index in [2.05, 4.69) is 0 Å². The van der Waals surface area contributed by atoms with Gasteiger partial charge in [0.05, 0.1) is 12.9 Å².